The van der Waals surface area contributed by atoms with Crippen LogP contribution < -0.4 is 15.8 Å². The normalized spacial score (nSPS) is 19.3. The lowest BCUT2D eigenvalue weighted by molar-refractivity contribution is 0.597. The Labute approximate surface area is 81.2 Å². The average Bonchev–Trinajstić information content (AvgIpc) is 2.48. The molecule has 1 fully saturated rings. The van der Waals surface area contributed by atoms with E-state index < -0.39 is 0 Å². The molecule has 0 saturated carbocycles. The first-order valence-corrected chi connectivity index (χ1v) is 4.92. The molecule has 5 nitrogen and oxygen atoms in total. The number of hydrogen-bond donors (Lipinski definition) is 2. The maximum atomic E-state index is 11.6. The number of nitrogens with zero attached hydrogens (tertiary/aromatic N) is 2. The topological polar surface area (TPSA) is 61.0 Å². The van der Waals surface area contributed by atoms with Gasteiger partial charge in [-0.25, -0.2) is 4.98 Å². The Morgan fingerprint density at radius 2 is 2.14 bits per heavy atom. The van der Waals surface area contributed by atoms with Gasteiger partial charge in [0.25, 0.3) is 5.56 Å². The Kier molecular flexibility index (Phi) is 1.61. The van der Waals surface area contributed by atoms with Crippen molar-refractivity contribution in [2.45, 2.75) is 19.5 Å². The van der Waals surface area contributed by atoms with Crippen LogP contribution in [0.1, 0.15) is 17.7 Å². The summed E-state index contributed by atoms with van der Waals surface area (Å²) in [6, 6.07) is 0. The van der Waals surface area contributed by atoms with E-state index in [2.05, 4.69) is 20.2 Å². The summed E-state index contributed by atoms with van der Waals surface area (Å²) in [7, 11) is 0. The zero-order chi connectivity index (χ0) is 9.54. The number of anilines is 1. The number of hydrogen-bond acceptors (Lipinski definition) is 4. The number of nitrogens with one attached hydrogen (secondary N) is 2. The van der Waals surface area contributed by atoms with E-state index in [0.29, 0.717) is 6.54 Å². The van der Waals surface area contributed by atoms with E-state index in [-0.39, 0.29) is 5.56 Å². The first kappa shape index (κ1) is 7.99. The van der Waals surface area contributed by atoms with Gasteiger partial charge in [0, 0.05) is 26.2 Å². The van der Waals surface area contributed by atoms with Gasteiger partial charge in [0.2, 0.25) is 5.95 Å². The lowest BCUT2D eigenvalue weighted by Crippen LogP contribution is -2.39. The summed E-state index contributed by atoms with van der Waals surface area (Å²) in [4.78, 5) is 21.0. The van der Waals surface area contributed by atoms with Gasteiger partial charge in [0.15, 0.2) is 0 Å². The highest BCUT2D eigenvalue weighted by Gasteiger charge is 2.21. The molecular weight excluding hydrogens is 180 g/mol. The van der Waals surface area contributed by atoms with Crippen molar-refractivity contribution in [3.63, 3.8) is 0 Å². The fourth-order valence-corrected chi connectivity index (χ4v) is 1.84. The number of rotatable bonds is 1. The summed E-state index contributed by atoms with van der Waals surface area (Å²) < 4.78 is 0. The predicted molar refractivity (Wildman–Crippen MR) is 52.2 cm³/mol. The molecule has 0 amide bonds. The van der Waals surface area contributed by atoms with Crippen LogP contribution in [0.3, 0.4) is 0 Å². The number of aromatic amines is 1. The predicted octanol–water partition coefficient (Wildman–Crippen LogP) is -0.417. The highest BCUT2D eigenvalue weighted by molar-refractivity contribution is 5.36. The Morgan fingerprint density at radius 1 is 1.29 bits per heavy atom. The second-order valence-corrected chi connectivity index (χ2v) is 3.76. The molecule has 5 heteroatoms. The number of aromatic nitrogens is 2. The summed E-state index contributed by atoms with van der Waals surface area (Å²) >= 11 is 0. The molecule has 0 aliphatic carbocycles. The Morgan fingerprint density at radius 3 is 2.86 bits per heavy atom. The van der Waals surface area contributed by atoms with Crippen molar-refractivity contribution in [1.82, 2.24) is 15.3 Å². The first-order chi connectivity index (χ1) is 6.84. The monoisotopic (exact) mass is 192 g/mol. The second kappa shape index (κ2) is 2.81. The summed E-state index contributed by atoms with van der Waals surface area (Å²) in [5.74, 6) is 0.740. The van der Waals surface area contributed by atoms with Crippen molar-refractivity contribution in [1.29, 1.82) is 0 Å². The molecule has 2 N–H and O–H groups in total. The van der Waals surface area contributed by atoms with Crippen LogP contribution in [-0.2, 0) is 13.1 Å². The van der Waals surface area contributed by atoms with Crippen LogP contribution >= 0.6 is 0 Å². The third kappa shape index (κ3) is 1.05. The fourth-order valence-electron chi connectivity index (χ4n) is 1.84. The van der Waals surface area contributed by atoms with Gasteiger partial charge in [0.1, 0.15) is 0 Å². The van der Waals surface area contributed by atoms with Crippen LogP contribution in [0.2, 0.25) is 0 Å². The molecule has 14 heavy (non-hydrogen) atoms. The standard InChI is InChI=1S/C9H12N4O/c14-8-6-4-10-5-7(6)11-9(12-8)13-2-1-3-13/h10H,1-5H2,(H,11,12,14). The van der Waals surface area contributed by atoms with E-state index in [1.54, 1.807) is 0 Å². The largest absolute Gasteiger partial charge is 0.342 e. The van der Waals surface area contributed by atoms with Crippen molar-refractivity contribution < 1.29 is 0 Å². The van der Waals surface area contributed by atoms with Crippen molar-refractivity contribution >= 4 is 5.95 Å². The average molecular weight is 192 g/mol. The number of fused-ring (bicyclic) bond motifs is 1. The van der Waals surface area contributed by atoms with Gasteiger partial charge in [-0.3, -0.25) is 9.78 Å². The van der Waals surface area contributed by atoms with Gasteiger partial charge in [-0.1, -0.05) is 0 Å². The SMILES string of the molecule is O=c1[nH]c(N2CCC2)nc2c1CNC2. The Bertz CT molecular complexity index is 421. The van der Waals surface area contributed by atoms with Crippen LogP contribution in [0.5, 0.6) is 0 Å². The zero-order valence-corrected chi connectivity index (χ0v) is 7.84. The highest BCUT2D eigenvalue weighted by atomic mass is 16.1. The van der Waals surface area contributed by atoms with E-state index in [0.717, 1.165) is 36.8 Å². The van der Waals surface area contributed by atoms with Crippen LogP contribution in [0.15, 0.2) is 4.79 Å². The van der Waals surface area contributed by atoms with E-state index in [1.165, 1.54) is 6.42 Å². The minimum Gasteiger partial charge on any atom is -0.342 e. The molecule has 1 saturated heterocycles. The van der Waals surface area contributed by atoms with Gasteiger partial charge in [-0.2, -0.15) is 0 Å². The van der Waals surface area contributed by atoms with E-state index in [9.17, 15) is 4.79 Å². The van der Waals surface area contributed by atoms with Crippen LogP contribution in [0, 0.1) is 0 Å². The van der Waals surface area contributed by atoms with E-state index in [4.69, 9.17) is 0 Å². The second-order valence-electron chi connectivity index (χ2n) is 3.76. The molecule has 3 heterocycles. The van der Waals surface area contributed by atoms with Gasteiger partial charge in [-0.05, 0) is 6.42 Å². The molecule has 0 radical (unpaired) electrons. The molecule has 74 valence electrons. The summed E-state index contributed by atoms with van der Waals surface area (Å²) in [5.41, 5.74) is 1.73. The van der Waals surface area contributed by atoms with Crippen molar-refractivity contribution in [3.8, 4) is 0 Å². The van der Waals surface area contributed by atoms with Crippen LogP contribution in [0.25, 0.3) is 0 Å². The Balaban J connectivity index is 2.07. The van der Waals surface area contributed by atoms with Crippen LogP contribution in [-0.4, -0.2) is 23.1 Å². The third-order valence-electron chi connectivity index (χ3n) is 2.84. The lowest BCUT2D eigenvalue weighted by Gasteiger charge is -2.31. The molecule has 0 atom stereocenters. The molecule has 0 unspecified atom stereocenters. The maximum absolute atomic E-state index is 11.6. The van der Waals surface area contributed by atoms with E-state index >= 15 is 0 Å². The molecule has 1 aromatic heterocycles. The molecule has 0 bridgehead atoms. The van der Waals surface area contributed by atoms with Crippen molar-refractivity contribution in [3.05, 3.63) is 21.6 Å². The smallest absolute Gasteiger partial charge is 0.257 e. The van der Waals surface area contributed by atoms with Crippen molar-refractivity contribution in [2.24, 2.45) is 0 Å². The summed E-state index contributed by atoms with van der Waals surface area (Å²) in [6.45, 7) is 3.39. The first-order valence-electron chi connectivity index (χ1n) is 4.92. The lowest BCUT2D eigenvalue weighted by atomic mass is 10.2. The van der Waals surface area contributed by atoms with Gasteiger partial charge < -0.3 is 10.2 Å². The van der Waals surface area contributed by atoms with Gasteiger partial charge >= 0.3 is 0 Å². The van der Waals surface area contributed by atoms with Crippen LogP contribution in [0.4, 0.5) is 5.95 Å². The molecule has 3 rings (SSSR count). The van der Waals surface area contributed by atoms with Gasteiger partial charge in [0.05, 0.1) is 11.3 Å². The number of H-pyrrole nitrogens is 1. The van der Waals surface area contributed by atoms with Crippen molar-refractivity contribution in [2.75, 3.05) is 18.0 Å². The highest BCUT2D eigenvalue weighted by Crippen LogP contribution is 2.16. The zero-order valence-electron chi connectivity index (χ0n) is 7.84. The molecule has 1 aromatic rings. The quantitative estimate of drug-likeness (QED) is 0.634. The summed E-state index contributed by atoms with van der Waals surface area (Å²) in [5, 5.41) is 3.13. The van der Waals surface area contributed by atoms with E-state index in [1.807, 2.05) is 0 Å². The third-order valence-corrected chi connectivity index (χ3v) is 2.84. The Hall–Kier alpha value is -1.36. The summed E-state index contributed by atoms with van der Waals surface area (Å²) in [6.07, 6.45) is 1.19. The fraction of sp³-hybridized carbons (Fsp3) is 0.556. The molecule has 0 aromatic carbocycles. The van der Waals surface area contributed by atoms with Gasteiger partial charge in [-0.15, -0.1) is 0 Å². The minimum absolute atomic E-state index is 0.0156. The molecular formula is C9H12N4O. The minimum atomic E-state index is 0.0156. The molecule has 2 aliphatic heterocycles. The molecule has 0 spiro atoms. The molecule has 2 aliphatic rings. The maximum Gasteiger partial charge on any atom is 0.257 e.